The molecule has 0 aliphatic rings. The van der Waals surface area contributed by atoms with Gasteiger partial charge >= 0.3 is 5.69 Å². The number of hydrogen-bond donors (Lipinski definition) is 1. The number of H-pyrrole nitrogens is 1. The SMILES string of the molecule is CCCn1c(SCc2ccccc2)n[nH]c1=O. The summed E-state index contributed by atoms with van der Waals surface area (Å²) in [6.45, 7) is 2.76. The van der Waals surface area contributed by atoms with Crippen LogP contribution < -0.4 is 5.69 Å². The number of benzene rings is 1. The molecule has 0 unspecified atom stereocenters. The average Bonchev–Trinajstić information content (AvgIpc) is 2.70. The lowest BCUT2D eigenvalue weighted by molar-refractivity contribution is 0.604. The van der Waals surface area contributed by atoms with E-state index in [1.165, 1.54) is 5.56 Å². The van der Waals surface area contributed by atoms with Gasteiger partial charge < -0.3 is 0 Å². The molecule has 1 N–H and O–H groups in total. The second-order valence-corrected chi connectivity index (χ2v) is 4.68. The molecule has 0 fully saturated rings. The molecule has 90 valence electrons. The van der Waals surface area contributed by atoms with Crippen molar-refractivity contribution in [2.45, 2.75) is 30.8 Å². The summed E-state index contributed by atoms with van der Waals surface area (Å²) in [6, 6.07) is 10.2. The predicted octanol–water partition coefficient (Wildman–Crippen LogP) is 2.27. The Morgan fingerprint density at radius 2 is 2.12 bits per heavy atom. The van der Waals surface area contributed by atoms with Crippen molar-refractivity contribution in [1.29, 1.82) is 0 Å². The van der Waals surface area contributed by atoms with Gasteiger partial charge in [0.25, 0.3) is 0 Å². The Hall–Kier alpha value is -1.49. The smallest absolute Gasteiger partial charge is 0.270 e. The van der Waals surface area contributed by atoms with Crippen LogP contribution in [0.1, 0.15) is 18.9 Å². The van der Waals surface area contributed by atoms with Crippen molar-refractivity contribution in [3.8, 4) is 0 Å². The molecule has 1 aromatic heterocycles. The first-order valence-corrected chi connectivity index (χ1v) is 6.61. The minimum Gasteiger partial charge on any atom is -0.270 e. The van der Waals surface area contributed by atoms with E-state index >= 15 is 0 Å². The molecule has 1 aromatic carbocycles. The highest BCUT2D eigenvalue weighted by Crippen LogP contribution is 2.19. The number of nitrogens with zero attached hydrogens (tertiary/aromatic N) is 2. The summed E-state index contributed by atoms with van der Waals surface area (Å²) in [5.74, 6) is 0.828. The number of nitrogens with one attached hydrogen (secondary N) is 1. The maximum atomic E-state index is 11.5. The van der Waals surface area contributed by atoms with E-state index in [0.717, 1.165) is 17.3 Å². The van der Waals surface area contributed by atoms with E-state index in [2.05, 4.69) is 22.3 Å². The Morgan fingerprint density at radius 3 is 2.82 bits per heavy atom. The van der Waals surface area contributed by atoms with Crippen LogP contribution in [0, 0.1) is 0 Å². The van der Waals surface area contributed by atoms with Gasteiger partial charge in [0.15, 0.2) is 5.16 Å². The van der Waals surface area contributed by atoms with E-state index in [9.17, 15) is 4.79 Å². The van der Waals surface area contributed by atoms with Crippen molar-refractivity contribution in [3.05, 3.63) is 46.4 Å². The van der Waals surface area contributed by atoms with Crippen LogP contribution in [0.5, 0.6) is 0 Å². The fourth-order valence-corrected chi connectivity index (χ4v) is 2.48. The quantitative estimate of drug-likeness (QED) is 0.827. The van der Waals surface area contributed by atoms with Crippen LogP contribution in [0.4, 0.5) is 0 Å². The van der Waals surface area contributed by atoms with Gasteiger partial charge in [0.2, 0.25) is 0 Å². The summed E-state index contributed by atoms with van der Waals surface area (Å²) < 4.78 is 1.69. The Morgan fingerprint density at radius 1 is 1.35 bits per heavy atom. The topological polar surface area (TPSA) is 50.7 Å². The van der Waals surface area contributed by atoms with Crippen molar-refractivity contribution in [3.63, 3.8) is 0 Å². The van der Waals surface area contributed by atoms with E-state index in [1.54, 1.807) is 16.3 Å². The second kappa shape index (κ2) is 5.72. The van der Waals surface area contributed by atoms with Crippen molar-refractivity contribution >= 4 is 11.8 Å². The molecule has 2 rings (SSSR count). The number of rotatable bonds is 5. The first kappa shape index (κ1) is 12.0. The highest BCUT2D eigenvalue weighted by molar-refractivity contribution is 7.98. The van der Waals surface area contributed by atoms with Crippen molar-refractivity contribution in [2.75, 3.05) is 0 Å². The van der Waals surface area contributed by atoms with Gasteiger partial charge in [0.1, 0.15) is 0 Å². The molecule has 0 amide bonds. The van der Waals surface area contributed by atoms with Crippen LogP contribution >= 0.6 is 11.8 Å². The maximum Gasteiger partial charge on any atom is 0.343 e. The van der Waals surface area contributed by atoms with Crippen LogP contribution in [0.15, 0.2) is 40.3 Å². The zero-order valence-corrected chi connectivity index (χ0v) is 10.5. The van der Waals surface area contributed by atoms with Crippen LogP contribution in [-0.2, 0) is 12.3 Å². The summed E-state index contributed by atoms with van der Waals surface area (Å²) in [5, 5.41) is 7.30. The lowest BCUT2D eigenvalue weighted by Crippen LogP contribution is -2.17. The van der Waals surface area contributed by atoms with Gasteiger partial charge in [-0.3, -0.25) is 4.57 Å². The molecule has 2 aromatic rings. The van der Waals surface area contributed by atoms with E-state index in [1.807, 2.05) is 25.1 Å². The fraction of sp³-hybridized carbons (Fsp3) is 0.333. The van der Waals surface area contributed by atoms with Gasteiger partial charge in [-0.05, 0) is 12.0 Å². The van der Waals surface area contributed by atoms with E-state index in [0.29, 0.717) is 6.54 Å². The van der Waals surface area contributed by atoms with E-state index in [4.69, 9.17) is 0 Å². The lowest BCUT2D eigenvalue weighted by atomic mass is 10.2. The maximum absolute atomic E-state index is 11.5. The molecule has 17 heavy (non-hydrogen) atoms. The highest BCUT2D eigenvalue weighted by atomic mass is 32.2. The number of aromatic amines is 1. The molecule has 0 atom stereocenters. The van der Waals surface area contributed by atoms with Crippen molar-refractivity contribution in [1.82, 2.24) is 14.8 Å². The molecule has 0 saturated carbocycles. The molecule has 0 aliphatic heterocycles. The van der Waals surface area contributed by atoms with Crippen LogP contribution in [0.3, 0.4) is 0 Å². The Balaban J connectivity index is 2.07. The first-order valence-electron chi connectivity index (χ1n) is 5.63. The predicted molar refractivity (Wildman–Crippen MR) is 69.1 cm³/mol. The largest absolute Gasteiger partial charge is 0.343 e. The number of hydrogen-bond acceptors (Lipinski definition) is 3. The Kier molecular flexibility index (Phi) is 4.03. The first-order chi connectivity index (χ1) is 8.31. The summed E-state index contributed by atoms with van der Waals surface area (Å²) in [4.78, 5) is 11.5. The van der Waals surface area contributed by atoms with Crippen LogP contribution in [-0.4, -0.2) is 14.8 Å². The van der Waals surface area contributed by atoms with Gasteiger partial charge in [-0.1, -0.05) is 49.0 Å². The fourth-order valence-electron chi connectivity index (χ4n) is 1.56. The monoisotopic (exact) mass is 249 g/mol. The molecule has 0 saturated heterocycles. The molecular weight excluding hydrogens is 234 g/mol. The standard InChI is InChI=1S/C12H15N3OS/c1-2-8-15-11(16)13-14-12(15)17-9-10-6-4-3-5-7-10/h3-7H,2,8-9H2,1H3,(H,13,16). The summed E-state index contributed by atoms with van der Waals surface area (Å²) >= 11 is 1.58. The average molecular weight is 249 g/mol. The van der Waals surface area contributed by atoms with Gasteiger partial charge in [-0.25, -0.2) is 9.89 Å². The minimum absolute atomic E-state index is 0.123. The molecule has 0 spiro atoms. The van der Waals surface area contributed by atoms with E-state index in [-0.39, 0.29) is 5.69 Å². The van der Waals surface area contributed by atoms with Gasteiger partial charge in [-0.2, -0.15) is 0 Å². The third-order valence-corrected chi connectivity index (χ3v) is 3.43. The second-order valence-electron chi connectivity index (χ2n) is 3.74. The van der Waals surface area contributed by atoms with Crippen molar-refractivity contribution in [2.24, 2.45) is 0 Å². The minimum atomic E-state index is -0.123. The van der Waals surface area contributed by atoms with Gasteiger partial charge in [0.05, 0.1) is 0 Å². The summed E-state index contributed by atoms with van der Waals surface area (Å²) in [6.07, 6.45) is 0.929. The van der Waals surface area contributed by atoms with Crippen LogP contribution in [0.2, 0.25) is 0 Å². The Bertz CT molecular complexity index is 518. The zero-order chi connectivity index (χ0) is 12.1. The van der Waals surface area contributed by atoms with Gasteiger partial charge in [0, 0.05) is 12.3 Å². The molecular formula is C12H15N3OS. The molecule has 4 nitrogen and oxygen atoms in total. The van der Waals surface area contributed by atoms with E-state index < -0.39 is 0 Å². The molecule has 5 heteroatoms. The molecule has 0 radical (unpaired) electrons. The Labute approximate surface area is 104 Å². The number of aromatic nitrogens is 3. The molecule has 0 bridgehead atoms. The lowest BCUT2D eigenvalue weighted by Gasteiger charge is -2.03. The molecule has 1 heterocycles. The molecule has 0 aliphatic carbocycles. The van der Waals surface area contributed by atoms with Crippen molar-refractivity contribution < 1.29 is 0 Å². The zero-order valence-electron chi connectivity index (χ0n) is 9.72. The normalized spacial score (nSPS) is 10.6. The third kappa shape index (κ3) is 3.00. The summed E-state index contributed by atoms with van der Waals surface area (Å²) in [5.41, 5.74) is 1.11. The highest BCUT2D eigenvalue weighted by Gasteiger charge is 2.07. The number of thioether (sulfide) groups is 1. The van der Waals surface area contributed by atoms with Gasteiger partial charge in [-0.15, -0.1) is 5.10 Å². The third-order valence-electron chi connectivity index (χ3n) is 2.38. The van der Waals surface area contributed by atoms with Crippen LogP contribution in [0.25, 0.3) is 0 Å². The summed E-state index contributed by atoms with van der Waals surface area (Å²) in [7, 11) is 0.